The standard InChI is InChI=1S/C25H20FN3O3/c26-20-10-9-14(12-22-16-6-2-4-8-18(16)25(32)29-28-22)11-19(20)24(31)27-21-13-23(30)17-7-3-1-5-15(17)21/h1-11,21,23,30H,12-13H2,(H,27,31)(H,29,32)/t21-,23+/m0/s1. The highest BCUT2D eigenvalue weighted by Crippen LogP contribution is 2.38. The number of rotatable bonds is 4. The van der Waals surface area contributed by atoms with E-state index in [9.17, 15) is 19.1 Å². The van der Waals surface area contributed by atoms with Gasteiger partial charge < -0.3 is 10.4 Å². The second-order valence-corrected chi connectivity index (χ2v) is 7.94. The maximum absolute atomic E-state index is 14.5. The number of halogens is 1. The molecule has 0 saturated heterocycles. The number of amides is 1. The molecule has 0 radical (unpaired) electrons. The molecule has 0 bridgehead atoms. The first-order valence-electron chi connectivity index (χ1n) is 10.3. The summed E-state index contributed by atoms with van der Waals surface area (Å²) in [5.74, 6) is -1.17. The number of aliphatic hydroxyl groups is 1. The Balaban J connectivity index is 1.42. The first-order chi connectivity index (χ1) is 15.5. The Morgan fingerprint density at radius 3 is 2.59 bits per heavy atom. The Bertz CT molecular complexity index is 1400. The molecule has 0 aliphatic heterocycles. The van der Waals surface area contributed by atoms with E-state index in [1.165, 1.54) is 12.1 Å². The molecule has 1 aromatic heterocycles. The zero-order chi connectivity index (χ0) is 22.2. The van der Waals surface area contributed by atoms with Crippen molar-refractivity contribution < 1.29 is 14.3 Å². The molecule has 3 aromatic carbocycles. The fourth-order valence-electron chi connectivity index (χ4n) is 4.34. The fourth-order valence-corrected chi connectivity index (χ4v) is 4.34. The molecule has 6 nitrogen and oxygen atoms in total. The quantitative estimate of drug-likeness (QED) is 0.462. The van der Waals surface area contributed by atoms with Crippen LogP contribution in [0.3, 0.4) is 0 Å². The molecule has 160 valence electrons. The Morgan fingerprint density at radius 2 is 1.78 bits per heavy atom. The maximum Gasteiger partial charge on any atom is 0.272 e. The van der Waals surface area contributed by atoms with Gasteiger partial charge in [-0.15, -0.1) is 0 Å². The van der Waals surface area contributed by atoms with E-state index in [-0.39, 0.29) is 17.2 Å². The van der Waals surface area contributed by atoms with Crippen LogP contribution in [0.25, 0.3) is 10.8 Å². The first kappa shape index (κ1) is 20.1. The summed E-state index contributed by atoms with van der Waals surface area (Å²) in [5, 5.41) is 21.0. The van der Waals surface area contributed by atoms with Crippen molar-refractivity contribution in [3.05, 3.63) is 111 Å². The van der Waals surface area contributed by atoms with E-state index in [1.54, 1.807) is 18.2 Å². The number of fused-ring (bicyclic) bond motifs is 2. The molecule has 0 unspecified atom stereocenters. The van der Waals surface area contributed by atoms with Gasteiger partial charge in [0.2, 0.25) is 0 Å². The molecule has 3 N–H and O–H groups in total. The highest BCUT2D eigenvalue weighted by Gasteiger charge is 2.31. The van der Waals surface area contributed by atoms with Crippen LogP contribution in [0, 0.1) is 5.82 Å². The third-order valence-electron chi connectivity index (χ3n) is 5.92. The van der Waals surface area contributed by atoms with Gasteiger partial charge in [-0.05, 0) is 34.9 Å². The number of H-pyrrole nitrogens is 1. The summed E-state index contributed by atoms with van der Waals surface area (Å²) in [4.78, 5) is 24.9. The summed E-state index contributed by atoms with van der Waals surface area (Å²) in [6.45, 7) is 0. The van der Waals surface area contributed by atoms with Crippen molar-refractivity contribution in [3.8, 4) is 0 Å². The Morgan fingerprint density at radius 1 is 1.06 bits per heavy atom. The van der Waals surface area contributed by atoms with Crippen LogP contribution < -0.4 is 10.9 Å². The van der Waals surface area contributed by atoms with Crippen molar-refractivity contribution >= 4 is 16.7 Å². The van der Waals surface area contributed by atoms with Gasteiger partial charge in [0.25, 0.3) is 11.5 Å². The first-order valence-corrected chi connectivity index (χ1v) is 10.3. The minimum atomic E-state index is -0.660. The van der Waals surface area contributed by atoms with E-state index in [0.717, 1.165) is 11.1 Å². The number of hydrogen-bond donors (Lipinski definition) is 3. The van der Waals surface area contributed by atoms with Crippen LogP contribution in [0.2, 0.25) is 0 Å². The highest BCUT2D eigenvalue weighted by atomic mass is 19.1. The molecule has 1 aliphatic rings. The van der Waals surface area contributed by atoms with Gasteiger partial charge in [0.15, 0.2) is 0 Å². The van der Waals surface area contributed by atoms with Crippen molar-refractivity contribution in [3.63, 3.8) is 0 Å². The van der Waals surface area contributed by atoms with Crippen molar-refractivity contribution in [1.29, 1.82) is 0 Å². The summed E-state index contributed by atoms with van der Waals surface area (Å²) in [5.41, 5.74) is 2.59. The lowest BCUT2D eigenvalue weighted by Gasteiger charge is -2.15. The smallest absolute Gasteiger partial charge is 0.272 e. The summed E-state index contributed by atoms with van der Waals surface area (Å²) >= 11 is 0. The molecule has 0 fully saturated rings. The Kier molecular flexibility index (Phi) is 5.03. The minimum Gasteiger partial charge on any atom is -0.388 e. The van der Waals surface area contributed by atoms with Gasteiger partial charge in [0.05, 0.1) is 28.8 Å². The van der Waals surface area contributed by atoms with E-state index >= 15 is 0 Å². The third-order valence-corrected chi connectivity index (χ3v) is 5.92. The molecule has 1 aliphatic carbocycles. The Hall–Kier alpha value is -3.84. The number of benzene rings is 3. The topological polar surface area (TPSA) is 95.1 Å². The predicted molar refractivity (Wildman–Crippen MR) is 118 cm³/mol. The second kappa shape index (κ2) is 8.01. The molecule has 0 saturated carbocycles. The number of aromatic nitrogens is 2. The molecule has 0 spiro atoms. The lowest BCUT2D eigenvalue weighted by molar-refractivity contribution is 0.0920. The fraction of sp³-hybridized carbons (Fsp3) is 0.160. The van der Waals surface area contributed by atoms with Crippen molar-refractivity contribution in [1.82, 2.24) is 15.5 Å². The van der Waals surface area contributed by atoms with Crippen molar-refractivity contribution in [2.45, 2.75) is 25.0 Å². The van der Waals surface area contributed by atoms with Gasteiger partial charge >= 0.3 is 0 Å². The summed E-state index contributed by atoms with van der Waals surface area (Å²) in [6, 6.07) is 18.5. The zero-order valence-corrected chi connectivity index (χ0v) is 17.0. The maximum atomic E-state index is 14.5. The largest absolute Gasteiger partial charge is 0.388 e. The molecule has 1 heterocycles. The van der Waals surface area contributed by atoms with Gasteiger partial charge in [-0.25, -0.2) is 9.49 Å². The number of nitrogens with one attached hydrogen (secondary N) is 2. The lowest BCUT2D eigenvalue weighted by atomic mass is 10.0. The summed E-state index contributed by atoms with van der Waals surface area (Å²) in [7, 11) is 0. The van der Waals surface area contributed by atoms with Gasteiger partial charge in [0, 0.05) is 18.2 Å². The SMILES string of the molecule is O=C(N[C@H]1C[C@@H](O)c2ccccc21)c1cc(Cc2n[nH]c(=O)c3ccccc23)ccc1F. The number of carbonyl (C=O) groups is 1. The van der Waals surface area contributed by atoms with Gasteiger partial charge in [-0.3, -0.25) is 9.59 Å². The molecule has 7 heteroatoms. The van der Waals surface area contributed by atoms with Crippen LogP contribution in [0.5, 0.6) is 0 Å². The molecule has 5 rings (SSSR count). The molecular formula is C25H20FN3O3. The van der Waals surface area contributed by atoms with E-state index in [0.29, 0.717) is 34.9 Å². The van der Waals surface area contributed by atoms with Crippen LogP contribution >= 0.6 is 0 Å². The van der Waals surface area contributed by atoms with Gasteiger partial charge in [0.1, 0.15) is 5.82 Å². The van der Waals surface area contributed by atoms with Crippen LogP contribution in [-0.4, -0.2) is 21.2 Å². The molecule has 4 aromatic rings. The molecule has 32 heavy (non-hydrogen) atoms. The highest BCUT2D eigenvalue weighted by molar-refractivity contribution is 5.95. The zero-order valence-electron chi connectivity index (χ0n) is 17.0. The Labute approximate surface area is 182 Å². The molecule has 2 atom stereocenters. The number of aliphatic hydroxyl groups excluding tert-OH is 1. The van der Waals surface area contributed by atoms with E-state index in [1.807, 2.05) is 36.4 Å². The van der Waals surface area contributed by atoms with E-state index in [4.69, 9.17) is 0 Å². The van der Waals surface area contributed by atoms with Crippen LogP contribution in [0.1, 0.15) is 51.3 Å². The van der Waals surface area contributed by atoms with E-state index in [2.05, 4.69) is 15.5 Å². The minimum absolute atomic E-state index is 0.0740. The average Bonchev–Trinajstić information content (AvgIpc) is 3.12. The van der Waals surface area contributed by atoms with Crippen molar-refractivity contribution in [2.75, 3.05) is 0 Å². The van der Waals surface area contributed by atoms with Crippen LogP contribution in [-0.2, 0) is 6.42 Å². The number of carbonyl (C=O) groups excluding carboxylic acids is 1. The number of nitrogens with zero attached hydrogens (tertiary/aromatic N) is 1. The van der Waals surface area contributed by atoms with Crippen LogP contribution in [0.15, 0.2) is 71.5 Å². The summed E-state index contributed by atoms with van der Waals surface area (Å²) in [6.07, 6.45) is 0.00923. The predicted octanol–water partition coefficient (Wildman–Crippen LogP) is 3.56. The van der Waals surface area contributed by atoms with Gasteiger partial charge in [-0.1, -0.05) is 48.5 Å². The normalized spacial score (nSPS) is 17.3. The number of hydrogen-bond acceptors (Lipinski definition) is 4. The second-order valence-electron chi connectivity index (χ2n) is 7.94. The van der Waals surface area contributed by atoms with Gasteiger partial charge in [-0.2, -0.15) is 5.10 Å². The lowest BCUT2D eigenvalue weighted by Crippen LogP contribution is -2.28. The molecule has 1 amide bonds. The van der Waals surface area contributed by atoms with Crippen molar-refractivity contribution in [2.24, 2.45) is 0 Å². The molecular weight excluding hydrogens is 409 g/mol. The van der Waals surface area contributed by atoms with E-state index < -0.39 is 17.8 Å². The average molecular weight is 429 g/mol. The number of aromatic amines is 1. The monoisotopic (exact) mass is 429 g/mol. The van der Waals surface area contributed by atoms with Crippen LogP contribution in [0.4, 0.5) is 4.39 Å². The summed E-state index contributed by atoms with van der Waals surface area (Å²) < 4.78 is 14.5. The third kappa shape index (κ3) is 3.56.